The van der Waals surface area contributed by atoms with Crippen molar-refractivity contribution >= 4 is 34.8 Å². The van der Waals surface area contributed by atoms with Gasteiger partial charge >= 0.3 is 23.9 Å². The summed E-state index contributed by atoms with van der Waals surface area (Å²) in [5.74, 6) is -1.39. The number of fused-ring (bicyclic) bond motifs is 1. The molecule has 2 saturated heterocycles. The molecule has 5 atom stereocenters. The first-order valence-corrected chi connectivity index (χ1v) is 21.7. The zero-order valence-electron chi connectivity index (χ0n) is 37.0. The molecule has 1 aromatic heterocycles. The van der Waals surface area contributed by atoms with Crippen molar-refractivity contribution < 1.29 is 57.1 Å². The molecular formula is C50H56N2O12. The highest BCUT2D eigenvalue weighted by molar-refractivity contribution is 5.92. The lowest BCUT2D eigenvalue weighted by Gasteiger charge is -2.43. The molecule has 0 unspecified atom stereocenters. The van der Waals surface area contributed by atoms with Gasteiger partial charge in [-0.2, -0.15) is 0 Å². The molecule has 3 heterocycles. The van der Waals surface area contributed by atoms with Gasteiger partial charge in [-0.25, -0.2) is 4.79 Å². The number of aryl methyl sites for hydroxylation is 1. The van der Waals surface area contributed by atoms with Gasteiger partial charge in [0.15, 0.2) is 18.3 Å². The lowest BCUT2D eigenvalue weighted by Crippen LogP contribution is -2.64. The molecule has 7 rings (SSSR count). The van der Waals surface area contributed by atoms with Gasteiger partial charge < -0.3 is 42.5 Å². The highest BCUT2D eigenvalue weighted by Gasteiger charge is 2.55. The number of methoxy groups -OCH3 is 1. The maximum Gasteiger partial charge on any atom is 0.339 e. The fraction of sp³-hybridized carbons (Fsp3) is 0.400. The lowest BCUT2D eigenvalue weighted by molar-refractivity contribution is -0.282. The van der Waals surface area contributed by atoms with Crippen LogP contribution in [0.25, 0.3) is 22.2 Å². The van der Waals surface area contributed by atoms with E-state index in [0.717, 1.165) is 97.9 Å². The fourth-order valence-electron chi connectivity index (χ4n) is 8.39. The summed E-state index contributed by atoms with van der Waals surface area (Å²) in [6.45, 7) is 10.3. The molecule has 4 aromatic carbocycles. The summed E-state index contributed by atoms with van der Waals surface area (Å²) in [5, 5.41) is 1.03. The minimum absolute atomic E-state index is 0.283. The summed E-state index contributed by atoms with van der Waals surface area (Å²) >= 11 is 0. The second-order valence-corrected chi connectivity index (χ2v) is 16.1. The number of carbonyl (C=O) groups excluding carboxylic acids is 4. The molecule has 0 amide bonds. The molecule has 2 fully saturated rings. The minimum atomic E-state index is -1.58. The van der Waals surface area contributed by atoms with E-state index in [1.807, 2.05) is 60.7 Å². The van der Waals surface area contributed by atoms with Crippen LogP contribution in [0.1, 0.15) is 63.1 Å². The molecule has 2 aliphatic heterocycles. The van der Waals surface area contributed by atoms with Gasteiger partial charge in [-0.15, -0.1) is 0 Å². The van der Waals surface area contributed by atoms with E-state index >= 15 is 0 Å². The largest absolute Gasteiger partial charge is 0.492 e. The number of hydrogen-bond donors (Lipinski definition) is 0. The van der Waals surface area contributed by atoms with Crippen LogP contribution in [0.2, 0.25) is 0 Å². The van der Waals surface area contributed by atoms with E-state index in [1.54, 1.807) is 12.1 Å². The second-order valence-electron chi connectivity index (χ2n) is 16.1. The van der Waals surface area contributed by atoms with Gasteiger partial charge in [0.2, 0.25) is 12.4 Å². The lowest BCUT2D eigenvalue weighted by atomic mass is 9.97. The Morgan fingerprint density at radius 3 is 1.95 bits per heavy atom. The van der Waals surface area contributed by atoms with E-state index in [2.05, 4.69) is 40.7 Å². The van der Waals surface area contributed by atoms with Crippen molar-refractivity contribution in [1.82, 2.24) is 9.47 Å². The van der Waals surface area contributed by atoms with Crippen LogP contribution in [0.5, 0.6) is 17.2 Å². The normalized spacial score (nSPS) is 20.1. The van der Waals surface area contributed by atoms with E-state index in [-0.39, 0.29) is 5.75 Å². The van der Waals surface area contributed by atoms with Gasteiger partial charge in [-0.3, -0.25) is 19.3 Å². The Morgan fingerprint density at radius 1 is 0.672 bits per heavy atom. The van der Waals surface area contributed by atoms with E-state index in [1.165, 1.54) is 25.7 Å². The molecule has 0 spiro atoms. The van der Waals surface area contributed by atoms with Crippen LogP contribution in [0.15, 0.2) is 97.1 Å². The predicted octanol–water partition coefficient (Wildman–Crippen LogP) is 7.57. The predicted molar refractivity (Wildman–Crippen MR) is 237 cm³/mol. The van der Waals surface area contributed by atoms with Crippen molar-refractivity contribution in [2.45, 2.75) is 97.2 Å². The molecule has 14 nitrogen and oxygen atoms in total. The number of likely N-dealkylation sites (tertiary alicyclic amines) is 1. The number of nitrogens with zero attached hydrogens (tertiary/aromatic N) is 2. The maximum atomic E-state index is 13.0. The number of aromatic nitrogens is 1. The summed E-state index contributed by atoms with van der Waals surface area (Å²) in [6, 6.07) is 31.7. The van der Waals surface area contributed by atoms with Crippen LogP contribution < -0.4 is 14.2 Å². The molecule has 0 bridgehead atoms. The molecule has 0 radical (unpaired) electrons. The number of rotatable bonds is 16. The van der Waals surface area contributed by atoms with E-state index in [0.29, 0.717) is 19.8 Å². The van der Waals surface area contributed by atoms with Crippen molar-refractivity contribution in [1.29, 1.82) is 0 Å². The Labute approximate surface area is 373 Å². The molecule has 0 saturated carbocycles. The molecule has 2 aliphatic rings. The Hall–Kier alpha value is -6.38. The summed E-state index contributed by atoms with van der Waals surface area (Å²) in [4.78, 5) is 52.3. The standard InChI is InChI=1S/C50H56N2O12/c1-32-42-29-41(59-31-37-13-9-8-10-14-37)23-24-43(42)52(30-36-15-19-39(20-16-36)58-28-27-51-25-11-6-7-12-26-51)44(32)38-17-21-40(22-18-38)63-50-48(62-35(4)55)46(61-34(3)54)45(60-33(2)53)47(64-50)49(56)57-5/h8-10,13-24,29,45-48,50H,6-7,11-12,25-28,30-31H2,1-5H3/t45-,46-,47-,48+,50+/m1/s1. The topological polar surface area (TPSA) is 150 Å². The highest BCUT2D eigenvalue weighted by Crippen LogP contribution is 2.38. The molecule has 5 aromatic rings. The average Bonchev–Trinajstić information content (AvgIpc) is 3.40. The van der Waals surface area contributed by atoms with Crippen LogP contribution in [0.3, 0.4) is 0 Å². The first-order valence-electron chi connectivity index (χ1n) is 21.7. The second kappa shape index (κ2) is 21.3. The minimum Gasteiger partial charge on any atom is -0.492 e. The highest BCUT2D eigenvalue weighted by atomic mass is 16.7. The van der Waals surface area contributed by atoms with E-state index in [9.17, 15) is 19.2 Å². The monoisotopic (exact) mass is 876 g/mol. The van der Waals surface area contributed by atoms with Crippen LogP contribution in [0.4, 0.5) is 0 Å². The maximum absolute atomic E-state index is 13.0. The first kappa shape index (κ1) is 45.6. The van der Waals surface area contributed by atoms with Crippen molar-refractivity contribution in [3.8, 4) is 28.5 Å². The van der Waals surface area contributed by atoms with Crippen molar-refractivity contribution in [3.63, 3.8) is 0 Å². The van der Waals surface area contributed by atoms with Gasteiger partial charge in [0.1, 0.15) is 30.5 Å². The third-order valence-corrected chi connectivity index (χ3v) is 11.4. The summed E-state index contributed by atoms with van der Waals surface area (Å²) in [5.41, 5.74) is 6.06. The zero-order valence-corrected chi connectivity index (χ0v) is 37.0. The summed E-state index contributed by atoms with van der Waals surface area (Å²) < 4.78 is 48.3. The van der Waals surface area contributed by atoms with Gasteiger partial charge in [-0.05, 0) is 110 Å². The third kappa shape index (κ3) is 11.4. The Morgan fingerprint density at radius 2 is 1.30 bits per heavy atom. The van der Waals surface area contributed by atoms with Crippen molar-refractivity contribution in [2.75, 3.05) is 33.4 Å². The molecule has 0 aliphatic carbocycles. The van der Waals surface area contributed by atoms with Gasteiger partial charge in [0.25, 0.3) is 0 Å². The van der Waals surface area contributed by atoms with Crippen LogP contribution in [-0.4, -0.2) is 97.4 Å². The Balaban J connectivity index is 1.17. The number of hydrogen-bond acceptors (Lipinski definition) is 13. The quantitative estimate of drug-likeness (QED) is 0.0709. The van der Waals surface area contributed by atoms with Gasteiger partial charge in [0, 0.05) is 44.8 Å². The fourth-order valence-corrected chi connectivity index (χ4v) is 8.39. The molecule has 64 heavy (non-hydrogen) atoms. The van der Waals surface area contributed by atoms with Crippen LogP contribution >= 0.6 is 0 Å². The summed E-state index contributed by atoms with van der Waals surface area (Å²) in [7, 11) is 1.13. The van der Waals surface area contributed by atoms with Crippen molar-refractivity contribution in [2.24, 2.45) is 0 Å². The van der Waals surface area contributed by atoms with Crippen LogP contribution in [-0.2, 0) is 56.0 Å². The number of carbonyl (C=O) groups is 4. The SMILES string of the molecule is COC(=O)[C@@H]1O[C@H](Oc2ccc(-c3c(C)c4cc(OCc5ccccc5)ccc4n3Cc3ccc(OCCN4CCCCCC4)cc3)cc2)[C@@H](OC(C)=O)[C@H](OC(C)=O)[C@H]1OC(C)=O. The van der Waals surface area contributed by atoms with Gasteiger partial charge in [-0.1, -0.05) is 55.3 Å². The Bertz CT molecular complexity index is 2370. The number of ether oxygens (including phenoxy) is 8. The van der Waals surface area contributed by atoms with Crippen molar-refractivity contribution in [3.05, 3.63) is 114 Å². The molecule has 338 valence electrons. The molecule has 14 heteroatoms. The summed E-state index contributed by atoms with van der Waals surface area (Å²) in [6.07, 6.45) is -2.39. The van der Waals surface area contributed by atoms with E-state index in [4.69, 9.17) is 37.9 Å². The smallest absolute Gasteiger partial charge is 0.339 e. The van der Waals surface area contributed by atoms with Gasteiger partial charge in [0.05, 0.1) is 12.8 Å². The zero-order chi connectivity index (χ0) is 45.2. The van der Waals surface area contributed by atoms with E-state index < -0.39 is 54.6 Å². The number of esters is 4. The first-order chi connectivity index (χ1) is 31.0. The molecular weight excluding hydrogens is 821 g/mol. The number of benzene rings is 4. The third-order valence-electron chi connectivity index (χ3n) is 11.4. The Kier molecular flexibility index (Phi) is 15.2. The average molecular weight is 877 g/mol. The molecule has 0 N–H and O–H groups in total. The van der Waals surface area contributed by atoms with Crippen LogP contribution in [0, 0.1) is 6.92 Å².